The fourth-order valence-corrected chi connectivity index (χ4v) is 2.02. The molecule has 0 fully saturated rings. The van der Waals surface area contributed by atoms with E-state index in [4.69, 9.17) is 0 Å². The average Bonchev–Trinajstić information content (AvgIpc) is 2.03. The zero-order chi connectivity index (χ0) is 10.1. The number of hydrogen-bond donors (Lipinski definition) is 0. The minimum atomic E-state index is -4.11. The molecule has 1 rings (SSSR count). The molecule has 0 saturated heterocycles. The highest BCUT2D eigenvalue weighted by Crippen LogP contribution is 2.42. The molecule has 0 heterocycles. The molecule has 13 heavy (non-hydrogen) atoms. The molecular formula is C9H11F3S. The van der Waals surface area contributed by atoms with Crippen LogP contribution in [0, 0.1) is 5.92 Å². The molecule has 0 amide bonds. The Labute approximate surface area is 79.9 Å². The van der Waals surface area contributed by atoms with Crippen molar-refractivity contribution in [2.75, 3.05) is 6.26 Å². The molecule has 0 aliphatic heterocycles. The van der Waals surface area contributed by atoms with E-state index in [0.29, 0.717) is 4.91 Å². The molecule has 1 atom stereocenters. The zero-order valence-electron chi connectivity index (χ0n) is 7.48. The van der Waals surface area contributed by atoms with E-state index < -0.39 is 12.1 Å². The van der Waals surface area contributed by atoms with Crippen molar-refractivity contribution < 1.29 is 13.2 Å². The van der Waals surface area contributed by atoms with Crippen LogP contribution in [0.2, 0.25) is 0 Å². The molecule has 0 N–H and O–H groups in total. The van der Waals surface area contributed by atoms with E-state index in [-0.39, 0.29) is 6.42 Å². The minimum Gasteiger partial charge on any atom is -0.170 e. The standard InChI is InChI=1S/C9H11F3S/c1-6-3-4-8(13-2)7(5-6)9(10,11)12/h3-4,7H,5H2,1-2H3. The van der Waals surface area contributed by atoms with E-state index in [2.05, 4.69) is 0 Å². The molecule has 4 heteroatoms. The van der Waals surface area contributed by atoms with Gasteiger partial charge in [0.2, 0.25) is 0 Å². The third kappa shape index (κ3) is 2.53. The summed E-state index contributed by atoms with van der Waals surface area (Å²) >= 11 is 1.18. The minimum absolute atomic E-state index is 0.107. The van der Waals surface area contributed by atoms with Crippen LogP contribution < -0.4 is 0 Å². The van der Waals surface area contributed by atoms with Gasteiger partial charge in [0.15, 0.2) is 0 Å². The first-order valence-corrected chi connectivity index (χ1v) is 5.15. The maximum Gasteiger partial charge on any atom is 0.396 e. The number of hydrogen-bond acceptors (Lipinski definition) is 1. The molecule has 0 bridgehead atoms. The van der Waals surface area contributed by atoms with Crippen LogP contribution in [0.1, 0.15) is 13.3 Å². The molecule has 0 spiro atoms. The van der Waals surface area contributed by atoms with Crippen molar-refractivity contribution in [2.45, 2.75) is 19.5 Å². The van der Waals surface area contributed by atoms with E-state index >= 15 is 0 Å². The summed E-state index contributed by atoms with van der Waals surface area (Å²) in [6.07, 6.45) is 1.01. The molecule has 74 valence electrons. The summed E-state index contributed by atoms with van der Waals surface area (Å²) in [6, 6.07) is 0. The monoisotopic (exact) mass is 208 g/mol. The van der Waals surface area contributed by atoms with Crippen molar-refractivity contribution in [3.63, 3.8) is 0 Å². The highest BCUT2D eigenvalue weighted by Gasteiger charge is 2.42. The SMILES string of the molecule is CSC1=CC=C(C)CC1C(F)(F)F. The smallest absolute Gasteiger partial charge is 0.170 e. The summed E-state index contributed by atoms with van der Waals surface area (Å²) in [5.41, 5.74) is 0.792. The van der Waals surface area contributed by atoms with Gasteiger partial charge in [0.1, 0.15) is 0 Å². The Hall–Kier alpha value is -0.380. The lowest BCUT2D eigenvalue weighted by Gasteiger charge is -2.24. The third-order valence-corrected chi connectivity index (χ3v) is 2.92. The van der Waals surface area contributed by atoms with Crippen LogP contribution in [0.25, 0.3) is 0 Å². The van der Waals surface area contributed by atoms with E-state index in [0.717, 1.165) is 5.57 Å². The number of rotatable bonds is 1. The van der Waals surface area contributed by atoms with Crippen LogP contribution in [0.15, 0.2) is 22.6 Å². The van der Waals surface area contributed by atoms with Gasteiger partial charge in [-0.15, -0.1) is 11.8 Å². The van der Waals surface area contributed by atoms with Gasteiger partial charge in [-0.25, -0.2) is 0 Å². The molecule has 0 nitrogen and oxygen atoms in total. The van der Waals surface area contributed by atoms with E-state index in [9.17, 15) is 13.2 Å². The molecule has 0 aromatic carbocycles. The van der Waals surface area contributed by atoms with Gasteiger partial charge in [0.25, 0.3) is 0 Å². The Balaban J connectivity index is 2.88. The Morgan fingerprint density at radius 2 is 2.00 bits per heavy atom. The molecule has 0 aromatic rings. The maximum atomic E-state index is 12.5. The Kier molecular flexibility index (Phi) is 3.11. The molecule has 1 aliphatic carbocycles. The fraction of sp³-hybridized carbons (Fsp3) is 0.556. The van der Waals surface area contributed by atoms with Crippen molar-refractivity contribution in [3.05, 3.63) is 22.6 Å². The first-order chi connectivity index (χ1) is 5.95. The summed E-state index contributed by atoms with van der Waals surface area (Å²) in [6.45, 7) is 1.73. The molecule has 0 radical (unpaired) electrons. The Morgan fingerprint density at radius 1 is 1.38 bits per heavy atom. The van der Waals surface area contributed by atoms with Crippen LogP contribution in [0.3, 0.4) is 0 Å². The number of thioether (sulfide) groups is 1. The Morgan fingerprint density at radius 3 is 2.46 bits per heavy atom. The molecule has 1 unspecified atom stereocenters. The summed E-state index contributed by atoms with van der Waals surface area (Å²) in [5, 5.41) is 0. The van der Waals surface area contributed by atoms with Crippen molar-refractivity contribution in [3.8, 4) is 0 Å². The van der Waals surface area contributed by atoms with E-state index in [1.165, 1.54) is 11.8 Å². The van der Waals surface area contributed by atoms with Gasteiger partial charge in [-0.1, -0.05) is 17.7 Å². The number of halogens is 3. The zero-order valence-corrected chi connectivity index (χ0v) is 8.30. The van der Waals surface area contributed by atoms with E-state index in [1.807, 2.05) is 0 Å². The van der Waals surface area contributed by atoms with Gasteiger partial charge >= 0.3 is 6.18 Å². The van der Waals surface area contributed by atoms with Crippen LogP contribution in [0.5, 0.6) is 0 Å². The molecular weight excluding hydrogens is 197 g/mol. The largest absolute Gasteiger partial charge is 0.396 e. The van der Waals surface area contributed by atoms with Crippen molar-refractivity contribution >= 4 is 11.8 Å². The highest BCUT2D eigenvalue weighted by atomic mass is 32.2. The van der Waals surface area contributed by atoms with Gasteiger partial charge in [0, 0.05) is 0 Å². The van der Waals surface area contributed by atoms with Crippen LogP contribution in [0.4, 0.5) is 13.2 Å². The van der Waals surface area contributed by atoms with Crippen molar-refractivity contribution in [1.82, 2.24) is 0 Å². The number of allylic oxidation sites excluding steroid dienone is 4. The quantitative estimate of drug-likeness (QED) is 0.632. The second kappa shape index (κ2) is 3.78. The normalized spacial score (nSPS) is 23.9. The van der Waals surface area contributed by atoms with Gasteiger partial charge in [-0.3, -0.25) is 0 Å². The summed E-state index contributed by atoms with van der Waals surface area (Å²) < 4.78 is 37.4. The van der Waals surface area contributed by atoms with Gasteiger partial charge < -0.3 is 0 Å². The lowest BCUT2D eigenvalue weighted by molar-refractivity contribution is -0.161. The molecule has 0 saturated carbocycles. The van der Waals surface area contributed by atoms with Crippen LogP contribution >= 0.6 is 11.8 Å². The van der Waals surface area contributed by atoms with Crippen LogP contribution in [-0.2, 0) is 0 Å². The summed E-state index contributed by atoms with van der Waals surface area (Å²) in [7, 11) is 0. The Bertz CT molecular complexity index is 250. The summed E-state index contributed by atoms with van der Waals surface area (Å²) in [5.74, 6) is -1.28. The molecule has 1 aliphatic rings. The van der Waals surface area contributed by atoms with Gasteiger partial charge in [-0.05, 0) is 24.5 Å². The number of alkyl halides is 3. The molecule has 0 aromatic heterocycles. The predicted octanol–water partition coefficient (Wildman–Crippen LogP) is 3.76. The fourth-order valence-electron chi connectivity index (χ4n) is 1.32. The lowest BCUT2D eigenvalue weighted by atomic mass is 9.94. The second-order valence-corrected chi connectivity index (χ2v) is 3.96. The van der Waals surface area contributed by atoms with Gasteiger partial charge in [-0.2, -0.15) is 13.2 Å². The second-order valence-electron chi connectivity index (χ2n) is 3.08. The van der Waals surface area contributed by atoms with Crippen molar-refractivity contribution in [2.24, 2.45) is 5.92 Å². The maximum absolute atomic E-state index is 12.5. The third-order valence-electron chi connectivity index (χ3n) is 2.03. The summed E-state index contributed by atoms with van der Waals surface area (Å²) in [4.78, 5) is 0.415. The highest BCUT2D eigenvalue weighted by molar-refractivity contribution is 8.02. The first-order valence-electron chi connectivity index (χ1n) is 3.93. The average molecular weight is 208 g/mol. The lowest BCUT2D eigenvalue weighted by Crippen LogP contribution is -2.25. The van der Waals surface area contributed by atoms with Crippen LogP contribution in [-0.4, -0.2) is 12.4 Å². The van der Waals surface area contributed by atoms with E-state index in [1.54, 1.807) is 25.3 Å². The van der Waals surface area contributed by atoms with Gasteiger partial charge in [0.05, 0.1) is 5.92 Å². The topological polar surface area (TPSA) is 0 Å². The van der Waals surface area contributed by atoms with Crippen molar-refractivity contribution in [1.29, 1.82) is 0 Å². The first kappa shape index (κ1) is 10.7. The predicted molar refractivity (Wildman–Crippen MR) is 49.5 cm³/mol.